The fraction of sp³-hybridized carbons (Fsp3) is 0.455. The van der Waals surface area contributed by atoms with E-state index in [2.05, 4.69) is 15.3 Å². The molecule has 2 aromatic heterocycles. The summed E-state index contributed by atoms with van der Waals surface area (Å²) >= 11 is 1.39. The molecule has 2 fully saturated rings. The fourth-order valence-corrected chi connectivity index (χ4v) is 4.91. The molecule has 2 aliphatic rings. The van der Waals surface area contributed by atoms with Gasteiger partial charge in [-0.3, -0.25) is 0 Å². The van der Waals surface area contributed by atoms with Gasteiger partial charge in [0.15, 0.2) is 5.82 Å². The van der Waals surface area contributed by atoms with Gasteiger partial charge in [0, 0.05) is 69.4 Å². The number of rotatable bonds is 3. The van der Waals surface area contributed by atoms with Crippen molar-refractivity contribution in [2.45, 2.75) is 18.9 Å². The lowest BCUT2D eigenvalue weighted by molar-refractivity contribution is 0.0461. The van der Waals surface area contributed by atoms with E-state index in [1.165, 1.54) is 11.5 Å². The highest BCUT2D eigenvalue weighted by Crippen LogP contribution is 2.25. The number of aromatic nitrogens is 3. The molecule has 31 heavy (non-hydrogen) atoms. The summed E-state index contributed by atoms with van der Waals surface area (Å²) in [5.41, 5.74) is 1.73. The smallest absolute Gasteiger partial charge is 0.320 e. The third-order valence-electron chi connectivity index (χ3n) is 6.10. The first-order chi connectivity index (χ1) is 15.2. The molecule has 0 spiro atoms. The van der Waals surface area contributed by atoms with Gasteiger partial charge in [-0.1, -0.05) is 24.3 Å². The van der Waals surface area contributed by atoms with Gasteiger partial charge in [-0.05, 0) is 25.0 Å². The van der Waals surface area contributed by atoms with E-state index < -0.39 is 0 Å². The number of pyridine rings is 1. The summed E-state index contributed by atoms with van der Waals surface area (Å²) in [4.78, 5) is 28.4. The number of urea groups is 1. The predicted octanol–water partition coefficient (Wildman–Crippen LogP) is 3.11. The zero-order valence-electron chi connectivity index (χ0n) is 17.6. The normalized spacial score (nSPS) is 17.8. The number of fused-ring (bicyclic) bond motifs is 1. The molecule has 0 aliphatic carbocycles. The van der Waals surface area contributed by atoms with Crippen molar-refractivity contribution < 1.29 is 9.53 Å². The van der Waals surface area contributed by atoms with E-state index in [4.69, 9.17) is 14.7 Å². The molecule has 0 atom stereocenters. The van der Waals surface area contributed by atoms with Gasteiger partial charge in [0.25, 0.3) is 0 Å². The van der Waals surface area contributed by atoms with Gasteiger partial charge in [-0.25, -0.2) is 9.78 Å². The zero-order valence-corrected chi connectivity index (χ0v) is 18.4. The Hall–Kier alpha value is -2.78. The number of piperazine rings is 1. The number of hydrogen-bond donors (Lipinski definition) is 0. The standard InChI is InChI=1S/C22H26N6O2S/c1-26(17-8-14-30-15-9-17)22(29)28-12-10-27(11-13-28)21-24-20(25-31-21)19-7-6-16-4-2-3-5-18(16)23-19/h2-7,17H,8-15H2,1H3. The Morgan fingerprint density at radius 1 is 1.06 bits per heavy atom. The maximum absolute atomic E-state index is 12.9. The summed E-state index contributed by atoms with van der Waals surface area (Å²) < 4.78 is 9.96. The number of nitrogens with zero attached hydrogens (tertiary/aromatic N) is 6. The number of anilines is 1. The van der Waals surface area contributed by atoms with Crippen molar-refractivity contribution >= 4 is 33.6 Å². The third kappa shape index (κ3) is 4.20. The van der Waals surface area contributed by atoms with E-state index >= 15 is 0 Å². The Labute approximate surface area is 185 Å². The van der Waals surface area contributed by atoms with Gasteiger partial charge in [0.1, 0.15) is 5.69 Å². The Morgan fingerprint density at radius 3 is 2.65 bits per heavy atom. The number of ether oxygens (including phenoxy) is 1. The van der Waals surface area contributed by atoms with Crippen molar-refractivity contribution in [2.75, 3.05) is 51.3 Å². The molecule has 162 valence electrons. The van der Waals surface area contributed by atoms with Gasteiger partial charge in [0.05, 0.1) is 5.52 Å². The highest BCUT2D eigenvalue weighted by molar-refractivity contribution is 7.09. The molecule has 5 rings (SSSR count). The summed E-state index contributed by atoms with van der Waals surface area (Å²) in [6, 6.07) is 12.5. The Kier molecular flexibility index (Phi) is 5.69. The topological polar surface area (TPSA) is 74.7 Å². The number of amides is 2. The summed E-state index contributed by atoms with van der Waals surface area (Å²) in [6.07, 6.45) is 1.83. The van der Waals surface area contributed by atoms with Crippen LogP contribution >= 0.6 is 11.5 Å². The van der Waals surface area contributed by atoms with Crippen molar-refractivity contribution in [3.63, 3.8) is 0 Å². The van der Waals surface area contributed by atoms with Gasteiger partial charge in [-0.15, -0.1) is 0 Å². The van der Waals surface area contributed by atoms with Crippen molar-refractivity contribution in [2.24, 2.45) is 0 Å². The molecule has 0 radical (unpaired) electrons. The minimum absolute atomic E-state index is 0.116. The number of carbonyl (C=O) groups is 1. The lowest BCUT2D eigenvalue weighted by Crippen LogP contribution is -2.54. The molecule has 8 nitrogen and oxygen atoms in total. The molecule has 3 aromatic rings. The molecule has 0 bridgehead atoms. The molecule has 0 saturated carbocycles. The molecule has 9 heteroatoms. The van der Waals surface area contributed by atoms with Crippen LogP contribution in [0, 0.1) is 0 Å². The van der Waals surface area contributed by atoms with E-state index in [1.54, 1.807) is 0 Å². The van der Waals surface area contributed by atoms with E-state index in [1.807, 2.05) is 47.2 Å². The van der Waals surface area contributed by atoms with Crippen LogP contribution in [0.4, 0.5) is 9.93 Å². The van der Waals surface area contributed by atoms with E-state index in [9.17, 15) is 4.79 Å². The number of hydrogen-bond acceptors (Lipinski definition) is 7. The van der Waals surface area contributed by atoms with E-state index in [-0.39, 0.29) is 12.1 Å². The minimum Gasteiger partial charge on any atom is -0.381 e. The average molecular weight is 439 g/mol. The second-order valence-corrected chi connectivity index (χ2v) is 8.73. The van der Waals surface area contributed by atoms with Crippen molar-refractivity contribution in [1.82, 2.24) is 24.1 Å². The molecular weight excluding hydrogens is 412 g/mol. The first kappa shape index (κ1) is 20.1. The maximum Gasteiger partial charge on any atom is 0.320 e. The second kappa shape index (κ2) is 8.76. The van der Waals surface area contributed by atoms with Gasteiger partial charge >= 0.3 is 6.03 Å². The maximum atomic E-state index is 12.9. The van der Waals surface area contributed by atoms with Gasteiger partial charge in [-0.2, -0.15) is 9.36 Å². The van der Waals surface area contributed by atoms with Gasteiger partial charge in [0.2, 0.25) is 5.13 Å². The van der Waals surface area contributed by atoms with Crippen molar-refractivity contribution in [3.8, 4) is 11.5 Å². The highest BCUT2D eigenvalue weighted by atomic mass is 32.1. The van der Waals surface area contributed by atoms with Crippen molar-refractivity contribution in [3.05, 3.63) is 36.4 Å². The number of carbonyl (C=O) groups excluding carboxylic acids is 1. The van der Waals surface area contributed by atoms with Crippen LogP contribution in [0.1, 0.15) is 12.8 Å². The van der Waals surface area contributed by atoms with Crippen LogP contribution in [-0.2, 0) is 4.74 Å². The Balaban J connectivity index is 1.22. The third-order valence-corrected chi connectivity index (χ3v) is 6.88. The van der Waals surface area contributed by atoms with Crippen LogP contribution in [0.3, 0.4) is 0 Å². The van der Waals surface area contributed by atoms with Crippen LogP contribution in [0.5, 0.6) is 0 Å². The monoisotopic (exact) mass is 438 g/mol. The second-order valence-electron chi connectivity index (χ2n) is 8.00. The number of benzene rings is 1. The molecular formula is C22H26N6O2S. The molecule has 2 aliphatic heterocycles. The van der Waals surface area contributed by atoms with Crippen LogP contribution in [0.25, 0.3) is 22.4 Å². The number of para-hydroxylation sites is 1. The molecule has 0 unspecified atom stereocenters. The quantitative estimate of drug-likeness (QED) is 0.626. The van der Waals surface area contributed by atoms with Crippen LogP contribution < -0.4 is 4.90 Å². The first-order valence-electron chi connectivity index (χ1n) is 10.7. The Bertz CT molecular complexity index is 1060. The van der Waals surface area contributed by atoms with Gasteiger partial charge < -0.3 is 19.4 Å². The Morgan fingerprint density at radius 2 is 1.84 bits per heavy atom. The molecule has 4 heterocycles. The SMILES string of the molecule is CN(C(=O)N1CCN(c2nc(-c3ccc4ccccc4n3)ns2)CC1)C1CCOCC1. The van der Waals surface area contributed by atoms with Crippen LogP contribution in [-0.4, -0.2) is 82.7 Å². The van der Waals surface area contributed by atoms with E-state index in [0.29, 0.717) is 18.9 Å². The highest BCUT2D eigenvalue weighted by Gasteiger charge is 2.29. The van der Waals surface area contributed by atoms with Crippen LogP contribution in [0.2, 0.25) is 0 Å². The summed E-state index contributed by atoms with van der Waals surface area (Å²) in [5.74, 6) is 0.656. The van der Waals surface area contributed by atoms with Crippen molar-refractivity contribution in [1.29, 1.82) is 0 Å². The molecule has 0 N–H and O–H groups in total. The minimum atomic E-state index is 0.116. The summed E-state index contributed by atoms with van der Waals surface area (Å²) in [5, 5.41) is 1.99. The molecule has 1 aromatic carbocycles. The summed E-state index contributed by atoms with van der Waals surface area (Å²) in [7, 11) is 1.91. The lowest BCUT2D eigenvalue weighted by Gasteiger charge is -2.39. The average Bonchev–Trinajstić information content (AvgIpc) is 3.34. The van der Waals surface area contributed by atoms with E-state index in [0.717, 1.165) is 60.9 Å². The first-order valence-corrected chi connectivity index (χ1v) is 11.5. The zero-order chi connectivity index (χ0) is 21.2. The van der Waals surface area contributed by atoms with Crippen LogP contribution in [0.15, 0.2) is 36.4 Å². The largest absolute Gasteiger partial charge is 0.381 e. The molecule has 2 saturated heterocycles. The molecule has 2 amide bonds. The lowest BCUT2D eigenvalue weighted by atomic mass is 10.1. The fourth-order valence-electron chi connectivity index (χ4n) is 4.18. The summed E-state index contributed by atoms with van der Waals surface area (Å²) in [6.45, 7) is 4.37. The predicted molar refractivity (Wildman–Crippen MR) is 121 cm³/mol.